The van der Waals surface area contributed by atoms with Crippen LogP contribution in [0.25, 0.3) is 0 Å². The van der Waals surface area contributed by atoms with Crippen LogP contribution in [0, 0.1) is 20.8 Å². The number of nitrogens with one attached hydrogen (secondary N) is 1. The number of rotatable bonds is 6. The lowest BCUT2D eigenvalue weighted by molar-refractivity contribution is 0.102. The van der Waals surface area contributed by atoms with Gasteiger partial charge in [0.1, 0.15) is 18.1 Å². The maximum atomic E-state index is 12.7. The van der Waals surface area contributed by atoms with Crippen LogP contribution >= 0.6 is 0 Å². The first kappa shape index (κ1) is 19.5. The zero-order valence-corrected chi connectivity index (χ0v) is 16.7. The van der Waals surface area contributed by atoms with Gasteiger partial charge in [0.25, 0.3) is 5.91 Å². The van der Waals surface area contributed by atoms with Crippen molar-refractivity contribution in [3.8, 4) is 11.5 Å². The summed E-state index contributed by atoms with van der Waals surface area (Å²) in [5.41, 5.74) is 5.44. The van der Waals surface area contributed by atoms with E-state index in [1.807, 2.05) is 69.3 Å². The highest BCUT2D eigenvalue weighted by Crippen LogP contribution is 2.25. The minimum atomic E-state index is -0.160. The van der Waals surface area contributed by atoms with Crippen molar-refractivity contribution in [3.05, 3.63) is 88.5 Å². The van der Waals surface area contributed by atoms with Crippen molar-refractivity contribution in [2.24, 2.45) is 0 Å². The number of carbonyl (C=O) groups excluding carboxylic acids is 1. The summed E-state index contributed by atoms with van der Waals surface area (Å²) in [6.07, 6.45) is 0. The molecule has 0 aliphatic heterocycles. The maximum absolute atomic E-state index is 12.7. The largest absolute Gasteiger partial charge is 0.496 e. The Morgan fingerprint density at radius 1 is 0.893 bits per heavy atom. The highest BCUT2D eigenvalue weighted by atomic mass is 16.5. The van der Waals surface area contributed by atoms with E-state index in [1.54, 1.807) is 19.2 Å². The minimum absolute atomic E-state index is 0.160. The fourth-order valence-corrected chi connectivity index (χ4v) is 3.05. The molecule has 4 heteroatoms. The summed E-state index contributed by atoms with van der Waals surface area (Å²) in [6.45, 7) is 6.33. The molecule has 0 spiro atoms. The second-order valence-corrected chi connectivity index (χ2v) is 6.85. The minimum Gasteiger partial charge on any atom is -0.496 e. The molecule has 0 aliphatic carbocycles. The van der Waals surface area contributed by atoms with Crippen molar-refractivity contribution in [1.82, 2.24) is 0 Å². The third kappa shape index (κ3) is 4.52. The molecule has 4 nitrogen and oxygen atoms in total. The Bertz CT molecular complexity index is 995. The molecule has 0 bridgehead atoms. The average molecular weight is 375 g/mol. The van der Waals surface area contributed by atoms with Crippen LogP contribution in [0.4, 0.5) is 5.69 Å². The second-order valence-electron chi connectivity index (χ2n) is 6.85. The van der Waals surface area contributed by atoms with E-state index in [9.17, 15) is 4.79 Å². The highest BCUT2D eigenvalue weighted by molar-refractivity contribution is 6.04. The highest BCUT2D eigenvalue weighted by Gasteiger charge is 2.12. The molecule has 3 rings (SSSR count). The number of carbonyl (C=O) groups is 1. The van der Waals surface area contributed by atoms with Gasteiger partial charge in [-0.3, -0.25) is 4.79 Å². The Labute approximate surface area is 166 Å². The number of benzene rings is 3. The summed E-state index contributed by atoms with van der Waals surface area (Å²) in [6, 6.07) is 19.2. The lowest BCUT2D eigenvalue weighted by Gasteiger charge is -2.14. The van der Waals surface area contributed by atoms with E-state index < -0.39 is 0 Å². The van der Waals surface area contributed by atoms with Gasteiger partial charge in [-0.05, 0) is 62.2 Å². The van der Waals surface area contributed by atoms with E-state index in [-0.39, 0.29) is 5.91 Å². The van der Waals surface area contributed by atoms with Gasteiger partial charge in [0.05, 0.1) is 7.11 Å². The summed E-state index contributed by atoms with van der Waals surface area (Å²) in [5, 5.41) is 2.98. The number of ether oxygens (including phenoxy) is 2. The normalized spacial score (nSPS) is 10.4. The molecular weight excluding hydrogens is 350 g/mol. The third-order valence-corrected chi connectivity index (χ3v) is 4.65. The van der Waals surface area contributed by atoms with Gasteiger partial charge in [-0.15, -0.1) is 0 Å². The summed E-state index contributed by atoms with van der Waals surface area (Å²) in [4.78, 5) is 12.7. The van der Waals surface area contributed by atoms with Gasteiger partial charge in [-0.2, -0.15) is 0 Å². The molecule has 0 aromatic heterocycles. The second kappa shape index (κ2) is 8.61. The Morgan fingerprint density at radius 3 is 2.39 bits per heavy atom. The van der Waals surface area contributed by atoms with Crippen molar-refractivity contribution in [2.45, 2.75) is 27.4 Å². The molecule has 0 fully saturated rings. The monoisotopic (exact) mass is 375 g/mol. The predicted octanol–water partition coefficient (Wildman–Crippen LogP) is 5.45. The number of para-hydroxylation sites is 1. The van der Waals surface area contributed by atoms with Crippen LogP contribution in [0.3, 0.4) is 0 Å². The maximum Gasteiger partial charge on any atom is 0.255 e. The molecule has 0 saturated carbocycles. The summed E-state index contributed by atoms with van der Waals surface area (Å²) < 4.78 is 11.4. The molecular formula is C24H25NO3. The summed E-state index contributed by atoms with van der Waals surface area (Å²) in [7, 11) is 1.61. The van der Waals surface area contributed by atoms with Crippen molar-refractivity contribution >= 4 is 11.6 Å². The molecule has 0 radical (unpaired) electrons. The van der Waals surface area contributed by atoms with E-state index in [4.69, 9.17) is 9.47 Å². The van der Waals surface area contributed by atoms with Crippen molar-refractivity contribution in [2.75, 3.05) is 12.4 Å². The number of hydrogen-bond acceptors (Lipinski definition) is 3. The van der Waals surface area contributed by atoms with Gasteiger partial charge < -0.3 is 14.8 Å². The third-order valence-electron chi connectivity index (χ3n) is 4.65. The molecule has 3 aromatic rings. The fraction of sp³-hybridized carbons (Fsp3) is 0.208. The van der Waals surface area contributed by atoms with E-state index >= 15 is 0 Å². The quantitative estimate of drug-likeness (QED) is 0.623. The Morgan fingerprint density at radius 2 is 1.68 bits per heavy atom. The molecule has 0 aliphatic rings. The smallest absolute Gasteiger partial charge is 0.255 e. The molecule has 3 aromatic carbocycles. The number of amides is 1. The van der Waals surface area contributed by atoms with E-state index in [1.165, 1.54) is 0 Å². The van der Waals surface area contributed by atoms with Crippen LogP contribution in [0.2, 0.25) is 0 Å². The first-order chi connectivity index (χ1) is 13.5. The van der Waals surface area contributed by atoms with Crippen LogP contribution in [-0.2, 0) is 6.61 Å². The standard InChI is InChI=1S/C24H25NO3/c1-16-9-11-21(18(3)13-16)25-24(26)19-10-12-23(27-4)20(14-19)15-28-22-8-6-5-7-17(22)2/h5-14H,15H2,1-4H3,(H,25,26). The molecule has 0 atom stereocenters. The zero-order chi connectivity index (χ0) is 20.1. The molecule has 144 valence electrons. The van der Waals surface area contributed by atoms with Crippen LogP contribution in [-0.4, -0.2) is 13.0 Å². The van der Waals surface area contributed by atoms with Crippen LogP contribution in [0.1, 0.15) is 32.6 Å². The predicted molar refractivity (Wildman–Crippen MR) is 112 cm³/mol. The van der Waals surface area contributed by atoms with Crippen molar-refractivity contribution in [3.63, 3.8) is 0 Å². The van der Waals surface area contributed by atoms with Gasteiger partial charge in [-0.1, -0.05) is 35.9 Å². The van der Waals surface area contributed by atoms with Gasteiger partial charge in [-0.25, -0.2) is 0 Å². The van der Waals surface area contributed by atoms with E-state index in [0.717, 1.165) is 33.7 Å². The van der Waals surface area contributed by atoms with Crippen LogP contribution < -0.4 is 14.8 Å². The lowest BCUT2D eigenvalue weighted by atomic mass is 10.1. The molecule has 1 amide bonds. The summed E-state index contributed by atoms with van der Waals surface area (Å²) in [5.74, 6) is 1.35. The number of aryl methyl sites for hydroxylation is 3. The van der Waals surface area contributed by atoms with Crippen LogP contribution in [0.5, 0.6) is 11.5 Å². The SMILES string of the molecule is COc1ccc(C(=O)Nc2ccc(C)cc2C)cc1COc1ccccc1C. The topological polar surface area (TPSA) is 47.6 Å². The van der Waals surface area contributed by atoms with Gasteiger partial charge in [0.15, 0.2) is 0 Å². The molecule has 0 heterocycles. The number of hydrogen-bond donors (Lipinski definition) is 1. The molecule has 28 heavy (non-hydrogen) atoms. The number of methoxy groups -OCH3 is 1. The Kier molecular flexibility index (Phi) is 5.99. The van der Waals surface area contributed by atoms with Crippen molar-refractivity contribution in [1.29, 1.82) is 0 Å². The van der Waals surface area contributed by atoms with E-state index in [0.29, 0.717) is 17.9 Å². The fourth-order valence-electron chi connectivity index (χ4n) is 3.05. The first-order valence-electron chi connectivity index (χ1n) is 9.22. The molecule has 1 N–H and O–H groups in total. The summed E-state index contributed by atoms with van der Waals surface area (Å²) >= 11 is 0. The molecule has 0 saturated heterocycles. The van der Waals surface area contributed by atoms with Crippen LogP contribution in [0.15, 0.2) is 60.7 Å². The van der Waals surface area contributed by atoms with Gasteiger partial charge in [0.2, 0.25) is 0 Å². The lowest BCUT2D eigenvalue weighted by Crippen LogP contribution is -2.13. The van der Waals surface area contributed by atoms with Crippen molar-refractivity contribution < 1.29 is 14.3 Å². The van der Waals surface area contributed by atoms with E-state index in [2.05, 4.69) is 5.32 Å². The van der Waals surface area contributed by atoms with Gasteiger partial charge >= 0.3 is 0 Å². The molecule has 0 unspecified atom stereocenters. The first-order valence-corrected chi connectivity index (χ1v) is 9.22. The average Bonchev–Trinajstić information content (AvgIpc) is 2.69. The number of anilines is 1. The van der Waals surface area contributed by atoms with Gasteiger partial charge in [0, 0.05) is 16.8 Å². The Hall–Kier alpha value is -3.27. The Balaban J connectivity index is 1.79. The zero-order valence-electron chi connectivity index (χ0n) is 16.7.